The van der Waals surface area contributed by atoms with Crippen molar-refractivity contribution in [2.24, 2.45) is 0 Å². The molecule has 0 aliphatic rings. The summed E-state index contributed by atoms with van der Waals surface area (Å²) < 4.78 is 0. The minimum absolute atomic E-state index is 0.0722. The van der Waals surface area contributed by atoms with Crippen LogP contribution in [0.1, 0.15) is 219 Å². The Morgan fingerprint density at radius 1 is 0.523 bits per heavy atom. The van der Waals surface area contributed by atoms with Crippen LogP contribution in [-0.2, 0) is 4.79 Å². The van der Waals surface area contributed by atoms with Crippen LogP contribution in [-0.4, -0.2) is 34.9 Å². The zero-order valence-electron chi connectivity index (χ0n) is 29.9. The van der Waals surface area contributed by atoms with Crippen LogP contribution in [0.2, 0.25) is 0 Å². The number of aliphatic hydroxyl groups excluding tert-OH is 2. The van der Waals surface area contributed by atoms with Gasteiger partial charge >= 0.3 is 0 Å². The van der Waals surface area contributed by atoms with Gasteiger partial charge in [0.15, 0.2) is 0 Å². The molecule has 2 unspecified atom stereocenters. The summed E-state index contributed by atoms with van der Waals surface area (Å²) in [6.45, 7) is 4.25. The molecular formula is C40H79NO3. The average Bonchev–Trinajstić information content (AvgIpc) is 3.03. The molecule has 0 aromatic rings. The Kier molecular flexibility index (Phi) is 35.9. The van der Waals surface area contributed by atoms with E-state index in [1.165, 1.54) is 173 Å². The summed E-state index contributed by atoms with van der Waals surface area (Å²) in [5.41, 5.74) is 0. The van der Waals surface area contributed by atoms with Gasteiger partial charge < -0.3 is 15.5 Å². The number of nitrogens with one attached hydrogen (secondary N) is 1. The summed E-state index contributed by atoms with van der Waals surface area (Å²) in [6.07, 6.45) is 44.9. The molecule has 4 nitrogen and oxygen atoms in total. The van der Waals surface area contributed by atoms with Gasteiger partial charge in [0.25, 0.3) is 0 Å². The van der Waals surface area contributed by atoms with Gasteiger partial charge in [-0.25, -0.2) is 0 Å². The molecule has 44 heavy (non-hydrogen) atoms. The number of hydrogen-bond acceptors (Lipinski definition) is 3. The van der Waals surface area contributed by atoms with Crippen LogP contribution >= 0.6 is 0 Å². The van der Waals surface area contributed by atoms with Crippen molar-refractivity contribution in [3.8, 4) is 0 Å². The number of rotatable bonds is 36. The first-order valence-electron chi connectivity index (χ1n) is 19.9. The van der Waals surface area contributed by atoms with E-state index >= 15 is 0 Å². The molecule has 0 heterocycles. The molecule has 0 saturated heterocycles. The molecule has 0 saturated carbocycles. The maximum absolute atomic E-state index is 12.1. The molecule has 262 valence electrons. The first kappa shape index (κ1) is 43.1. The molecule has 1 amide bonds. The standard InChI is InChI=1S/C40H79NO3/c1-3-5-7-9-11-12-13-14-15-16-17-18-19-20-21-22-23-24-25-26-27-28-29-30-31-33-35-39(43)38(37-42)41-40(44)36-34-32-10-8-6-4-2/h33,35,38-39,42-43H,3-32,34,36-37H2,1-2H3,(H,41,44)/b35-33+. The average molecular weight is 622 g/mol. The summed E-state index contributed by atoms with van der Waals surface area (Å²) in [5, 5.41) is 22.8. The first-order valence-corrected chi connectivity index (χ1v) is 19.9. The topological polar surface area (TPSA) is 69.6 Å². The van der Waals surface area contributed by atoms with Gasteiger partial charge in [0.1, 0.15) is 0 Å². The second-order valence-electron chi connectivity index (χ2n) is 13.7. The SMILES string of the molecule is CCCCCCCCCCCCCCCCCCCCCCCCCC/C=C/C(O)C(CO)NC(=O)CCCCCCCC. The van der Waals surface area contributed by atoms with Crippen LogP contribution in [0.15, 0.2) is 12.2 Å². The second kappa shape index (κ2) is 36.6. The lowest BCUT2D eigenvalue weighted by molar-refractivity contribution is -0.123. The third kappa shape index (κ3) is 32.5. The van der Waals surface area contributed by atoms with E-state index in [9.17, 15) is 15.0 Å². The van der Waals surface area contributed by atoms with Gasteiger partial charge in [0, 0.05) is 6.42 Å². The van der Waals surface area contributed by atoms with E-state index in [4.69, 9.17) is 0 Å². The normalized spacial score (nSPS) is 13.1. The minimum atomic E-state index is -0.831. The Balaban J connectivity index is 3.42. The lowest BCUT2D eigenvalue weighted by Gasteiger charge is -2.20. The molecule has 3 N–H and O–H groups in total. The highest BCUT2D eigenvalue weighted by molar-refractivity contribution is 5.76. The maximum Gasteiger partial charge on any atom is 0.220 e. The van der Waals surface area contributed by atoms with E-state index in [0.29, 0.717) is 6.42 Å². The molecule has 4 heteroatoms. The fourth-order valence-corrected chi connectivity index (χ4v) is 6.18. The molecule has 0 aromatic heterocycles. The highest BCUT2D eigenvalue weighted by Crippen LogP contribution is 2.16. The van der Waals surface area contributed by atoms with E-state index in [1.54, 1.807) is 6.08 Å². The van der Waals surface area contributed by atoms with Crippen molar-refractivity contribution >= 4 is 5.91 Å². The number of carbonyl (C=O) groups excluding carboxylic acids is 1. The van der Waals surface area contributed by atoms with E-state index in [1.807, 2.05) is 6.08 Å². The fourth-order valence-electron chi connectivity index (χ4n) is 6.18. The monoisotopic (exact) mass is 622 g/mol. The third-order valence-corrected chi connectivity index (χ3v) is 9.27. The molecule has 0 aromatic carbocycles. The first-order chi connectivity index (χ1) is 21.7. The van der Waals surface area contributed by atoms with Crippen LogP contribution in [0.25, 0.3) is 0 Å². The fraction of sp³-hybridized carbons (Fsp3) is 0.925. The van der Waals surface area contributed by atoms with Crippen LogP contribution in [0.3, 0.4) is 0 Å². The van der Waals surface area contributed by atoms with Crippen molar-refractivity contribution in [1.29, 1.82) is 0 Å². The number of allylic oxidation sites excluding steroid dienone is 1. The maximum atomic E-state index is 12.1. The lowest BCUT2D eigenvalue weighted by Crippen LogP contribution is -2.45. The van der Waals surface area contributed by atoms with E-state index in [-0.39, 0.29) is 12.5 Å². The number of carbonyl (C=O) groups is 1. The quantitative estimate of drug-likeness (QED) is 0.0481. The molecule has 0 radical (unpaired) electrons. The minimum Gasteiger partial charge on any atom is -0.394 e. The molecule has 0 rings (SSSR count). The van der Waals surface area contributed by atoms with Gasteiger partial charge in [-0.2, -0.15) is 0 Å². The van der Waals surface area contributed by atoms with Crippen LogP contribution in [0.4, 0.5) is 0 Å². The predicted octanol–water partition coefficient (Wildman–Crippen LogP) is 11.9. The van der Waals surface area contributed by atoms with Crippen molar-refractivity contribution in [2.75, 3.05) is 6.61 Å². The van der Waals surface area contributed by atoms with E-state index < -0.39 is 12.1 Å². The highest BCUT2D eigenvalue weighted by atomic mass is 16.3. The Morgan fingerprint density at radius 3 is 1.18 bits per heavy atom. The molecule has 0 spiro atoms. The number of unbranched alkanes of at least 4 members (excludes halogenated alkanes) is 29. The second-order valence-corrected chi connectivity index (χ2v) is 13.7. The molecule has 0 bridgehead atoms. The Hall–Kier alpha value is -0.870. The van der Waals surface area contributed by atoms with Gasteiger partial charge in [-0.3, -0.25) is 4.79 Å². The Morgan fingerprint density at radius 2 is 0.841 bits per heavy atom. The Labute approximate surface area is 276 Å². The summed E-state index contributed by atoms with van der Waals surface area (Å²) in [5.74, 6) is -0.0722. The number of amides is 1. The molecule has 2 atom stereocenters. The van der Waals surface area contributed by atoms with Gasteiger partial charge in [0.2, 0.25) is 5.91 Å². The van der Waals surface area contributed by atoms with Gasteiger partial charge in [-0.1, -0.05) is 206 Å². The molecule has 0 fully saturated rings. The lowest BCUT2D eigenvalue weighted by atomic mass is 10.0. The highest BCUT2D eigenvalue weighted by Gasteiger charge is 2.17. The van der Waals surface area contributed by atoms with Gasteiger partial charge in [0.05, 0.1) is 18.8 Å². The largest absolute Gasteiger partial charge is 0.394 e. The smallest absolute Gasteiger partial charge is 0.220 e. The number of hydrogen-bond donors (Lipinski definition) is 3. The van der Waals surface area contributed by atoms with E-state index in [2.05, 4.69) is 19.2 Å². The van der Waals surface area contributed by atoms with Crippen molar-refractivity contribution < 1.29 is 15.0 Å². The summed E-state index contributed by atoms with van der Waals surface area (Å²) >= 11 is 0. The van der Waals surface area contributed by atoms with Crippen molar-refractivity contribution in [1.82, 2.24) is 5.32 Å². The number of aliphatic hydroxyl groups is 2. The van der Waals surface area contributed by atoms with Crippen LogP contribution < -0.4 is 5.32 Å². The molecule has 0 aliphatic heterocycles. The van der Waals surface area contributed by atoms with Gasteiger partial charge in [-0.05, 0) is 19.3 Å². The molecular weight excluding hydrogens is 542 g/mol. The molecule has 0 aliphatic carbocycles. The van der Waals surface area contributed by atoms with Crippen LogP contribution in [0.5, 0.6) is 0 Å². The van der Waals surface area contributed by atoms with Crippen molar-refractivity contribution in [3.05, 3.63) is 12.2 Å². The summed E-state index contributed by atoms with van der Waals surface area (Å²) in [7, 11) is 0. The predicted molar refractivity (Wildman–Crippen MR) is 193 cm³/mol. The zero-order valence-corrected chi connectivity index (χ0v) is 29.9. The van der Waals surface area contributed by atoms with Crippen molar-refractivity contribution in [2.45, 2.75) is 231 Å². The third-order valence-electron chi connectivity index (χ3n) is 9.27. The summed E-state index contributed by atoms with van der Waals surface area (Å²) in [4.78, 5) is 12.1. The van der Waals surface area contributed by atoms with E-state index in [0.717, 1.165) is 25.7 Å². The van der Waals surface area contributed by atoms with Crippen molar-refractivity contribution in [3.63, 3.8) is 0 Å². The van der Waals surface area contributed by atoms with Gasteiger partial charge in [-0.15, -0.1) is 0 Å². The summed E-state index contributed by atoms with van der Waals surface area (Å²) in [6, 6.07) is -0.613. The van der Waals surface area contributed by atoms with Crippen LogP contribution in [0, 0.1) is 0 Å². The zero-order chi connectivity index (χ0) is 32.2. The Bertz CT molecular complexity index is 593.